The standard InChI is InChI=1S/C18H16N2O4/c21-17-8-13(12-3-1-2-4-14(12)20-17)18(22)19-9-11-5-6-15-16(7-11)24-10-23-15/h1-7,13H,8-10H2,(H,19,22)(H,20,21). The van der Waals surface area contributed by atoms with Crippen LogP contribution in [0.5, 0.6) is 11.5 Å². The summed E-state index contributed by atoms with van der Waals surface area (Å²) in [5.74, 6) is 0.628. The smallest absolute Gasteiger partial charge is 0.231 e. The SMILES string of the molecule is O=C1CC(C(=O)NCc2ccc3c(c2)OCO3)c2ccccc2N1. The predicted octanol–water partition coefficient (Wildman–Crippen LogP) is 2.16. The molecule has 0 aliphatic carbocycles. The van der Waals surface area contributed by atoms with Crippen molar-refractivity contribution >= 4 is 17.5 Å². The number of amides is 2. The zero-order chi connectivity index (χ0) is 16.5. The van der Waals surface area contributed by atoms with E-state index in [4.69, 9.17) is 9.47 Å². The van der Waals surface area contributed by atoms with Crippen molar-refractivity contribution < 1.29 is 19.1 Å². The Morgan fingerprint density at radius 2 is 2.00 bits per heavy atom. The van der Waals surface area contributed by atoms with Crippen molar-refractivity contribution in [2.24, 2.45) is 0 Å². The molecule has 2 aliphatic rings. The lowest BCUT2D eigenvalue weighted by Crippen LogP contribution is -2.34. The van der Waals surface area contributed by atoms with Crippen LogP contribution in [-0.4, -0.2) is 18.6 Å². The lowest BCUT2D eigenvalue weighted by atomic mass is 9.90. The number of hydrogen-bond acceptors (Lipinski definition) is 4. The maximum absolute atomic E-state index is 12.6. The summed E-state index contributed by atoms with van der Waals surface area (Å²) in [4.78, 5) is 24.4. The molecule has 4 rings (SSSR count). The average Bonchev–Trinajstić information content (AvgIpc) is 3.06. The number of benzene rings is 2. The van der Waals surface area contributed by atoms with Crippen molar-refractivity contribution in [3.63, 3.8) is 0 Å². The summed E-state index contributed by atoms with van der Waals surface area (Å²) in [6.45, 7) is 0.592. The Morgan fingerprint density at radius 3 is 2.92 bits per heavy atom. The molecule has 2 aliphatic heterocycles. The number of rotatable bonds is 3. The van der Waals surface area contributed by atoms with E-state index >= 15 is 0 Å². The lowest BCUT2D eigenvalue weighted by molar-refractivity contribution is -0.126. The molecule has 0 saturated carbocycles. The van der Waals surface area contributed by atoms with Gasteiger partial charge in [0.15, 0.2) is 11.5 Å². The number of carbonyl (C=O) groups excluding carboxylic acids is 2. The van der Waals surface area contributed by atoms with Crippen LogP contribution in [0, 0.1) is 0 Å². The van der Waals surface area contributed by atoms with Gasteiger partial charge >= 0.3 is 0 Å². The molecule has 6 heteroatoms. The van der Waals surface area contributed by atoms with E-state index in [0.717, 1.165) is 11.1 Å². The predicted molar refractivity (Wildman–Crippen MR) is 86.8 cm³/mol. The maximum atomic E-state index is 12.6. The summed E-state index contributed by atoms with van der Waals surface area (Å²) in [5, 5.41) is 5.70. The molecule has 122 valence electrons. The van der Waals surface area contributed by atoms with Crippen molar-refractivity contribution in [1.29, 1.82) is 0 Å². The highest BCUT2D eigenvalue weighted by atomic mass is 16.7. The van der Waals surface area contributed by atoms with Crippen LogP contribution in [0.4, 0.5) is 5.69 Å². The molecule has 2 heterocycles. The number of para-hydroxylation sites is 1. The largest absolute Gasteiger partial charge is 0.454 e. The van der Waals surface area contributed by atoms with Gasteiger partial charge in [-0.1, -0.05) is 24.3 Å². The Bertz CT molecular complexity index is 818. The summed E-state index contributed by atoms with van der Waals surface area (Å²) in [7, 11) is 0. The second-order valence-electron chi connectivity index (χ2n) is 5.80. The first kappa shape index (κ1) is 14.6. The topological polar surface area (TPSA) is 76.7 Å². The third kappa shape index (κ3) is 2.67. The van der Waals surface area contributed by atoms with E-state index in [-0.39, 0.29) is 25.0 Å². The summed E-state index contributed by atoms with van der Waals surface area (Å²) in [5.41, 5.74) is 2.47. The van der Waals surface area contributed by atoms with Gasteiger partial charge in [0.2, 0.25) is 18.6 Å². The zero-order valence-corrected chi connectivity index (χ0v) is 12.9. The minimum Gasteiger partial charge on any atom is -0.454 e. The minimum absolute atomic E-state index is 0.142. The summed E-state index contributed by atoms with van der Waals surface area (Å²) >= 11 is 0. The van der Waals surface area contributed by atoms with Gasteiger partial charge < -0.3 is 20.1 Å². The molecular weight excluding hydrogens is 308 g/mol. The van der Waals surface area contributed by atoms with Crippen molar-refractivity contribution in [3.05, 3.63) is 53.6 Å². The Hall–Kier alpha value is -3.02. The molecule has 2 amide bonds. The van der Waals surface area contributed by atoms with Gasteiger partial charge in [-0.15, -0.1) is 0 Å². The number of fused-ring (bicyclic) bond motifs is 2. The summed E-state index contributed by atoms with van der Waals surface area (Å²) in [6.07, 6.45) is 0.157. The lowest BCUT2D eigenvalue weighted by Gasteiger charge is -2.24. The fourth-order valence-corrected chi connectivity index (χ4v) is 3.01. The Balaban J connectivity index is 1.48. The highest BCUT2D eigenvalue weighted by molar-refractivity contribution is 6.01. The first-order valence-electron chi connectivity index (χ1n) is 7.76. The highest BCUT2D eigenvalue weighted by Crippen LogP contribution is 2.33. The van der Waals surface area contributed by atoms with Gasteiger partial charge in [0, 0.05) is 18.7 Å². The monoisotopic (exact) mass is 324 g/mol. The number of ether oxygens (including phenoxy) is 2. The average molecular weight is 324 g/mol. The molecule has 2 N–H and O–H groups in total. The number of carbonyl (C=O) groups is 2. The minimum atomic E-state index is -0.469. The molecule has 24 heavy (non-hydrogen) atoms. The molecule has 1 unspecified atom stereocenters. The molecule has 2 aromatic rings. The first-order chi connectivity index (χ1) is 11.7. The van der Waals surface area contributed by atoms with Crippen molar-refractivity contribution in [2.45, 2.75) is 18.9 Å². The van der Waals surface area contributed by atoms with Gasteiger partial charge in [0.05, 0.1) is 5.92 Å². The zero-order valence-electron chi connectivity index (χ0n) is 12.9. The van der Waals surface area contributed by atoms with Gasteiger partial charge in [0.1, 0.15) is 0 Å². The van der Waals surface area contributed by atoms with Gasteiger partial charge in [-0.3, -0.25) is 9.59 Å². The molecule has 0 fully saturated rings. The number of hydrogen-bond donors (Lipinski definition) is 2. The van der Waals surface area contributed by atoms with Crippen LogP contribution in [0.15, 0.2) is 42.5 Å². The van der Waals surface area contributed by atoms with Crippen LogP contribution in [0.3, 0.4) is 0 Å². The molecule has 0 aromatic heterocycles. The van der Waals surface area contributed by atoms with E-state index in [2.05, 4.69) is 10.6 Å². The molecule has 0 spiro atoms. The molecule has 6 nitrogen and oxygen atoms in total. The van der Waals surface area contributed by atoms with E-state index in [9.17, 15) is 9.59 Å². The van der Waals surface area contributed by atoms with E-state index in [0.29, 0.717) is 23.7 Å². The molecule has 0 saturated heterocycles. The molecule has 2 aromatic carbocycles. The number of anilines is 1. The van der Waals surface area contributed by atoms with E-state index in [1.54, 1.807) is 0 Å². The van der Waals surface area contributed by atoms with Gasteiger partial charge in [0.25, 0.3) is 0 Å². The number of nitrogens with one attached hydrogen (secondary N) is 2. The summed E-state index contributed by atoms with van der Waals surface area (Å²) in [6, 6.07) is 13.0. The third-order valence-corrected chi connectivity index (χ3v) is 4.22. The highest BCUT2D eigenvalue weighted by Gasteiger charge is 2.30. The second kappa shape index (κ2) is 5.88. The van der Waals surface area contributed by atoms with E-state index in [1.165, 1.54) is 0 Å². The van der Waals surface area contributed by atoms with Crippen molar-refractivity contribution in [2.75, 3.05) is 12.1 Å². The van der Waals surface area contributed by atoms with Gasteiger partial charge in [-0.25, -0.2) is 0 Å². The van der Waals surface area contributed by atoms with Crippen molar-refractivity contribution in [3.8, 4) is 11.5 Å². The molecule has 1 atom stereocenters. The van der Waals surface area contributed by atoms with Crippen LogP contribution in [-0.2, 0) is 16.1 Å². The van der Waals surface area contributed by atoms with Crippen molar-refractivity contribution in [1.82, 2.24) is 5.32 Å². The fraction of sp³-hybridized carbons (Fsp3) is 0.222. The second-order valence-corrected chi connectivity index (χ2v) is 5.80. The van der Waals surface area contributed by atoms with Crippen LogP contribution in [0.1, 0.15) is 23.5 Å². The Morgan fingerprint density at radius 1 is 1.17 bits per heavy atom. The maximum Gasteiger partial charge on any atom is 0.231 e. The third-order valence-electron chi connectivity index (χ3n) is 4.22. The fourth-order valence-electron chi connectivity index (χ4n) is 3.01. The van der Waals surface area contributed by atoms with Crippen LogP contribution < -0.4 is 20.1 Å². The van der Waals surface area contributed by atoms with E-state index < -0.39 is 5.92 Å². The van der Waals surface area contributed by atoms with Gasteiger partial charge in [-0.2, -0.15) is 0 Å². The van der Waals surface area contributed by atoms with Crippen LogP contribution in [0.2, 0.25) is 0 Å². The normalized spacial score (nSPS) is 17.8. The van der Waals surface area contributed by atoms with Crippen LogP contribution in [0.25, 0.3) is 0 Å². The first-order valence-corrected chi connectivity index (χ1v) is 7.76. The summed E-state index contributed by atoms with van der Waals surface area (Å²) < 4.78 is 10.6. The van der Waals surface area contributed by atoms with E-state index in [1.807, 2.05) is 42.5 Å². The van der Waals surface area contributed by atoms with Gasteiger partial charge in [-0.05, 0) is 29.3 Å². The molecular formula is C18H16N2O4. The Labute approximate surface area is 138 Å². The molecule has 0 radical (unpaired) electrons. The quantitative estimate of drug-likeness (QED) is 0.907. The Kier molecular flexibility index (Phi) is 3.57. The van der Waals surface area contributed by atoms with Crippen LogP contribution >= 0.6 is 0 Å². The molecule has 0 bridgehead atoms.